The van der Waals surface area contributed by atoms with Crippen LogP contribution < -0.4 is 4.57 Å². The minimum absolute atomic E-state index is 0.152. The van der Waals surface area contributed by atoms with Crippen LogP contribution in [0.15, 0.2) is 24.5 Å². The minimum atomic E-state index is -1.20. The molecule has 1 aromatic heterocycles. The van der Waals surface area contributed by atoms with Gasteiger partial charge in [-0.2, -0.15) is 4.57 Å². The topological polar surface area (TPSA) is 100 Å². The molecular formula is C15H21N2O6+. The number of aliphatic hydroxyl groups is 2. The SMILES string of the molecule is CC(=O)OC[C@H]1O[C@@H]([n+]2cccc(C(=O)N(C)C)c2)[C@@H](O)C1O. The second-order valence-corrected chi connectivity index (χ2v) is 5.59. The molecular weight excluding hydrogens is 304 g/mol. The van der Waals surface area contributed by atoms with E-state index in [0.29, 0.717) is 5.56 Å². The highest BCUT2D eigenvalue weighted by atomic mass is 16.6. The molecule has 0 radical (unpaired) electrons. The second-order valence-electron chi connectivity index (χ2n) is 5.59. The Bertz CT molecular complexity index is 591. The molecule has 0 saturated carbocycles. The van der Waals surface area contributed by atoms with Gasteiger partial charge < -0.3 is 24.6 Å². The summed E-state index contributed by atoms with van der Waals surface area (Å²) in [4.78, 5) is 24.3. The lowest BCUT2D eigenvalue weighted by Gasteiger charge is -2.12. The van der Waals surface area contributed by atoms with Crippen molar-refractivity contribution in [1.29, 1.82) is 0 Å². The van der Waals surface area contributed by atoms with Crippen LogP contribution in [0.25, 0.3) is 0 Å². The Morgan fingerprint density at radius 1 is 1.35 bits per heavy atom. The number of esters is 1. The van der Waals surface area contributed by atoms with Gasteiger partial charge in [0.25, 0.3) is 12.1 Å². The number of nitrogens with zero attached hydrogens (tertiary/aromatic N) is 2. The van der Waals surface area contributed by atoms with Crippen LogP contribution in [0.5, 0.6) is 0 Å². The molecule has 8 nitrogen and oxygen atoms in total. The summed E-state index contributed by atoms with van der Waals surface area (Å²) in [5.74, 6) is -0.686. The van der Waals surface area contributed by atoms with Gasteiger partial charge in [-0.1, -0.05) is 0 Å². The Morgan fingerprint density at radius 2 is 2.04 bits per heavy atom. The summed E-state index contributed by atoms with van der Waals surface area (Å²) in [7, 11) is 3.28. The van der Waals surface area contributed by atoms with Gasteiger partial charge in [-0.15, -0.1) is 0 Å². The second kappa shape index (κ2) is 7.03. The zero-order valence-corrected chi connectivity index (χ0v) is 13.2. The van der Waals surface area contributed by atoms with Crippen molar-refractivity contribution in [3.8, 4) is 0 Å². The molecule has 2 N–H and O–H groups in total. The van der Waals surface area contributed by atoms with Crippen molar-refractivity contribution >= 4 is 11.9 Å². The van der Waals surface area contributed by atoms with E-state index >= 15 is 0 Å². The van der Waals surface area contributed by atoms with E-state index in [9.17, 15) is 19.8 Å². The van der Waals surface area contributed by atoms with Crippen LogP contribution in [0, 0.1) is 0 Å². The highest BCUT2D eigenvalue weighted by Gasteiger charge is 2.48. The molecule has 8 heteroatoms. The zero-order chi connectivity index (χ0) is 17.1. The largest absolute Gasteiger partial charge is 0.463 e. The lowest BCUT2D eigenvalue weighted by Crippen LogP contribution is -2.46. The van der Waals surface area contributed by atoms with Crippen LogP contribution in [-0.2, 0) is 14.3 Å². The number of pyridine rings is 1. The van der Waals surface area contributed by atoms with Gasteiger partial charge in [-0.3, -0.25) is 9.59 Å². The van der Waals surface area contributed by atoms with Crippen LogP contribution >= 0.6 is 0 Å². The van der Waals surface area contributed by atoms with Gasteiger partial charge in [0, 0.05) is 27.1 Å². The van der Waals surface area contributed by atoms with Crippen molar-refractivity contribution in [3.05, 3.63) is 30.1 Å². The highest BCUT2D eigenvalue weighted by Crippen LogP contribution is 2.25. The van der Waals surface area contributed by atoms with Crippen LogP contribution in [-0.4, -0.2) is 66.0 Å². The first-order valence-corrected chi connectivity index (χ1v) is 7.18. The van der Waals surface area contributed by atoms with Gasteiger partial charge in [-0.05, 0) is 6.07 Å². The fourth-order valence-electron chi connectivity index (χ4n) is 2.35. The molecule has 1 aliphatic heterocycles. The standard InChI is InChI=1S/C15H21N2O6/c1-9(18)22-8-11-12(19)13(20)15(23-11)17-6-4-5-10(7-17)14(21)16(2)3/h4-7,11-13,15,19-20H,8H2,1-3H3/q+1/t11-,12?,13+,15-/m1/s1. The molecule has 1 amide bonds. The number of hydrogen-bond donors (Lipinski definition) is 2. The predicted octanol–water partition coefficient (Wildman–Crippen LogP) is -1.14. The molecule has 1 aliphatic rings. The summed E-state index contributed by atoms with van der Waals surface area (Å²) in [5.41, 5.74) is 0.422. The van der Waals surface area contributed by atoms with Crippen LogP contribution in [0.4, 0.5) is 0 Å². The Labute approximate surface area is 133 Å². The number of aliphatic hydroxyl groups excluding tert-OH is 2. The van der Waals surface area contributed by atoms with Crippen LogP contribution in [0.3, 0.4) is 0 Å². The molecule has 0 spiro atoms. The van der Waals surface area contributed by atoms with Crippen molar-refractivity contribution < 1.29 is 33.8 Å². The number of rotatable bonds is 4. The molecule has 126 valence electrons. The van der Waals surface area contributed by atoms with Gasteiger partial charge in [0.2, 0.25) is 0 Å². The third kappa shape index (κ3) is 3.84. The van der Waals surface area contributed by atoms with E-state index in [0.717, 1.165) is 0 Å². The fraction of sp³-hybridized carbons (Fsp3) is 0.533. The van der Waals surface area contributed by atoms with Gasteiger partial charge in [0.15, 0.2) is 18.5 Å². The predicted molar refractivity (Wildman–Crippen MR) is 77.2 cm³/mol. The van der Waals surface area contributed by atoms with Gasteiger partial charge >= 0.3 is 5.97 Å². The molecule has 1 saturated heterocycles. The number of aromatic nitrogens is 1. The third-order valence-electron chi connectivity index (χ3n) is 3.56. The van der Waals surface area contributed by atoms with Crippen LogP contribution in [0.2, 0.25) is 0 Å². The average molecular weight is 325 g/mol. The lowest BCUT2D eigenvalue weighted by atomic mass is 10.1. The zero-order valence-electron chi connectivity index (χ0n) is 13.2. The minimum Gasteiger partial charge on any atom is -0.463 e. The van der Waals surface area contributed by atoms with E-state index in [2.05, 4.69) is 0 Å². The first-order chi connectivity index (χ1) is 10.8. The monoisotopic (exact) mass is 325 g/mol. The smallest absolute Gasteiger partial charge is 0.302 e. The summed E-state index contributed by atoms with van der Waals surface area (Å²) in [6, 6.07) is 3.30. The summed E-state index contributed by atoms with van der Waals surface area (Å²) in [6.07, 6.45) is -0.941. The van der Waals surface area contributed by atoms with E-state index in [1.165, 1.54) is 22.6 Å². The van der Waals surface area contributed by atoms with Crippen molar-refractivity contribution in [3.63, 3.8) is 0 Å². The summed E-state index contributed by atoms with van der Waals surface area (Å²) in [5, 5.41) is 20.2. The van der Waals surface area contributed by atoms with Gasteiger partial charge in [0.1, 0.15) is 24.4 Å². The van der Waals surface area contributed by atoms with Crippen molar-refractivity contribution in [2.75, 3.05) is 20.7 Å². The first-order valence-electron chi connectivity index (χ1n) is 7.18. The van der Waals surface area contributed by atoms with Crippen molar-refractivity contribution in [2.45, 2.75) is 31.5 Å². The normalized spacial score (nSPS) is 26.8. The summed E-state index contributed by atoms with van der Waals surface area (Å²) in [6.45, 7) is 1.10. The molecule has 1 aromatic rings. The third-order valence-corrected chi connectivity index (χ3v) is 3.56. The fourth-order valence-corrected chi connectivity index (χ4v) is 2.35. The maximum atomic E-state index is 12.0. The van der Waals surface area contributed by atoms with E-state index in [1.807, 2.05) is 0 Å². The number of ether oxygens (including phenoxy) is 2. The van der Waals surface area contributed by atoms with Gasteiger partial charge in [0.05, 0.1) is 0 Å². The van der Waals surface area contributed by atoms with E-state index in [1.54, 1.807) is 32.4 Å². The first kappa shape index (κ1) is 17.3. The molecule has 0 aliphatic carbocycles. The Kier molecular flexibility index (Phi) is 5.30. The van der Waals surface area contributed by atoms with Crippen LogP contribution in [0.1, 0.15) is 23.5 Å². The quantitative estimate of drug-likeness (QED) is 0.536. The average Bonchev–Trinajstić information content (AvgIpc) is 2.80. The molecule has 1 unspecified atom stereocenters. The molecule has 2 heterocycles. The Hall–Kier alpha value is -2.03. The maximum Gasteiger partial charge on any atom is 0.302 e. The molecule has 2 rings (SSSR count). The highest BCUT2D eigenvalue weighted by molar-refractivity contribution is 5.93. The number of amides is 1. The van der Waals surface area contributed by atoms with E-state index < -0.39 is 30.5 Å². The van der Waals surface area contributed by atoms with E-state index in [4.69, 9.17) is 9.47 Å². The number of carbonyl (C=O) groups excluding carboxylic acids is 2. The number of hydrogen-bond acceptors (Lipinski definition) is 6. The summed E-state index contributed by atoms with van der Waals surface area (Å²) >= 11 is 0. The molecule has 1 fully saturated rings. The van der Waals surface area contributed by atoms with E-state index in [-0.39, 0.29) is 12.5 Å². The summed E-state index contributed by atoms with van der Waals surface area (Å²) < 4.78 is 11.9. The number of carbonyl (C=O) groups is 2. The Balaban J connectivity index is 2.17. The maximum absolute atomic E-state index is 12.0. The lowest BCUT2D eigenvalue weighted by molar-refractivity contribution is -0.765. The van der Waals surface area contributed by atoms with Crippen molar-refractivity contribution in [2.24, 2.45) is 0 Å². The molecule has 0 aromatic carbocycles. The molecule has 23 heavy (non-hydrogen) atoms. The van der Waals surface area contributed by atoms with Crippen molar-refractivity contribution in [1.82, 2.24) is 4.90 Å². The molecule has 0 bridgehead atoms. The Morgan fingerprint density at radius 3 is 2.65 bits per heavy atom. The van der Waals surface area contributed by atoms with Gasteiger partial charge in [-0.25, -0.2) is 0 Å². The molecule has 4 atom stereocenters.